The van der Waals surface area contributed by atoms with E-state index in [2.05, 4.69) is 18.5 Å². The molecule has 1 aliphatic rings. The summed E-state index contributed by atoms with van der Waals surface area (Å²) in [5.41, 5.74) is -2.72. The lowest BCUT2D eigenvalue weighted by atomic mass is 10.5. The highest BCUT2D eigenvalue weighted by atomic mass is 16.2. The fourth-order valence-corrected chi connectivity index (χ4v) is 2.15. The fraction of sp³-hybridized carbons (Fsp3) is 0.400. The van der Waals surface area contributed by atoms with E-state index in [-0.39, 0.29) is 19.1 Å². The molecule has 0 saturated heterocycles. The lowest BCUT2D eigenvalue weighted by Gasteiger charge is -2.12. The SMILES string of the molecule is C=CCn1c(=O)n(CC=C)c(=O)n(CC(=O)NC(=O)NC2CC2)c1=O. The summed E-state index contributed by atoms with van der Waals surface area (Å²) in [4.78, 5) is 60.3. The van der Waals surface area contributed by atoms with Gasteiger partial charge in [-0.1, -0.05) is 12.2 Å². The summed E-state index contributed by atoms with van der Waals surface area (Å²) < 4.78 is 2.14. The Morgan fingerprint density at radius 2 is 1.44 bits per heavy atom. The molecule has 1 aliphatic carbocycles. The van der Waals surface area contributed by atoms with Gasteiger partial charge in [0.15, 0.2) is 0 Å². The predicted octanol–water partition coefficient (Wildman–Crippen LogP) is -1.47. The summed E-state index contributed by atoms with van der Waals surface area (Å²) >= 11 is 0. The van der Waals surface area contributed by atoms with Gasteiger partial charge in [0.1, 0.15) is 6.54 Å². The number of nitrogens with one attached hydrogen (secondary N) is 2. The number of nitrogens with zero attached hydrogens (tertiary/aromatic N) is 3. The van der Waals surface area contributed by atoms with Crippen LogP contribution in [-0.2, 0) is 24.4 Å². The quantitative estimate of drug-likeness (QED) is 0.582. The monoisotopic (exact) mass is 349 g/mol. The Balaban J connectivity index is 2.33. The van der Waals surface area contributed by atoms with Crippen LogP contribution in [0.2, 0.25) is 0 Å². The molecule has 0 radical (unpaired) electrons. The number of allylic oxidation sites excluding steroid dienone is 2. The Labute approximate surface area is 142 Å². The van der Waals surface area contributed by atoms with E-state index < -0.39 is 35.6 Å². The summed E-state index contributed by atoms with van der Waals surface area (Å²) in [6.45, 7) is 5.96. The zero-order chi connectivity index (χ0) is 18.6. The molecular weight excluding hydrogens is 330 g/mol. The molecule has 0 atom stereocenters. The van der Waals surface area contributed by atoms with E-state index in [4.69, 9.17) is 0 Å². The molecule has 0 aromatic carbocycles. The Morgan fingerprint density at radius 1 is 0.960 bits per heavy atom. The summed E-state index contributed by atoms with van der Waals surface area (Å²) in [6, 6.07) is -0.638. The number of aromatic nitrogens is 3. The van der Waals surface area contributed by atoms with Gasteiger partial charge in [0.2, 0.25) is 5.91 Å². The van der Waals surface area contributed by atoms with Crippen molar-refractivity contribution in [2.45, 2.75) is 38.5 Å². The van der Waals surface area contributed by atoms with Crippen molar-refractivity contribution < 1.29 is 9.59 Å². The lowest BCUT2D eigenvalue weighted by molar-refractivity contribution is -0.120. The molecule has 134 valence electrons. The number of carbonyl (C=O) groups excluding carboxylic acids is 2. The van der Waals surface area contributed by atoms with Crippen LogP contribution in [-0.4, -0.2) is 31.7 Å². The number of imide groups is 1. The van der Waals surface area contributed by atoms with Crippen molar-refractivity contribution in [2.75, 3.05) is 0 Å². The highest BCUT2D eigenvalue weighted by molar-refractivity contribution is 5.94. The number of rotatable bonds is 7. The molecular formula is C15H19N5O5. The molecule has 1 saturated carbocycles. The first-order valence-electron chi connectivity index (χ1n) is 7.65. The number of hydrogen-bond acceptors (Lipinski definition) is 5. The summed E-state index contributed by atoms with van der Waals surface area (Å²) in [5, 5.41) is 4.60. The Kier molecular flexibility index (Phi) is 5.52. The van der Waals surface area contributed by atoms with Gasteiger partial charge in [-0.25, -0.2) is 32.9 Å². The minimum absolute atomic E-state index is 0.0508. The molecule has 2 N–H and O–H groups in total. The number of urea groups is 1. The van der Waals surface area contributed by atoms with Crippen LogP contribution in [0.1, 0.15) is 12.8 Å². The number of hydrogen-bond donors (Lipinski definition) is 2. The standard InChI is InChI=1S/C15H19N5O5/c1-3-7-18-13(23)19(8-4-2)15(25)20(14(18)24)9-11(21)17-12(22)16-10-5-6-10/h3-4,10H,1-2,5-9H2,(H2,16,17,21,22). The van der Waals surface area contributed by atoms with Crippen LogP contribution in [0.5, 0.6) is 0 Å². The van der Waals surface area contributed by atoms with E-state index in [0.29, 0.717) is 4.57 Å². The average molecular weight is 349 g/mol. The van der Waals surface area contributed by atoms with Crippen molar-refractivity contribution in [3.8, 4) is 0 Å². The summed E-state index contributed by atoms with van der Waals surface area (Å²) in [7, 11) is 0. The lowest BCUT2D eigenvalue weighted by Crippen LogP contribution is -2.56. The second-order valence-corrected chi connectivity index (χ2v) is 5.53. The van der Waals surface area contributed by atoms with Crippen LogP contribution < -0.4 is 27.7 Å². The molecule has 0 aliphatic heterocycles. The molecule has 2 rings (SSSR count). The molecule has 1 aromatic rings. The van der Waals surface area contributed by atoms with E-state index >= 15 is 0 Å². The summed E-state index contributed by atoms with van der Waals surface area (Å²) in [5.74, 6) is -0.841. The van der Waals surface area contributed by atoms with Gasteiger partial charge >= 0.3 is 23.1 Å². The summed E-state index contributed by atoms with van der Waals surface area (Å²) in [6.07, 6.45) is 4.33. The molecule has 0 spiro atoms. The number of carbonyl (C=O) groups is 2. The third-order valence-electron chi connectivity index (χ3n) is 3.48. The molecule has 1 fully saturated rings. The van der Waals surface area contributed by atoms with E-state index in [1.807, 2.05) is 5.32 Å². The van der Waals surface area contributed by atoms with Crippen LogP contribution in [0, 0.1) is 0 Å². The Bertz CT molecular complexity index is 839. The minimum atomic E-state index is -0.951. The van der Waals surface area contributed by atoms with Gasteiger partial charge in [-0.15, -0.1) is 13.2 Å². The predicted molar refractivity (Wildman–Crippen MR) is 89.3 cm³/mol. The normalized spacial score (nSPS) is 13.1. The first-order chi connectivity index (χ1) is 11.9. The van der Waals surface area contributed by atoms with Crippen LogP contribution in [0.3, 0.4) is 0 Å². The fourth-order valence-electron chi connectivity index (χ4n) is 2.15. The van der Waals surface area contributed by atoms with Gasteiger partial charge in [0.05, 0.1) is 13.1 Å². The maximum absolute atomic E-state index is 12.3. The van der Waals surface area contributed by atoms with Gasteiger partial charge in [0, 0.05) is 6.04 Å². The number of amides is 3. The molecule has 0 unspecified atom stereocenters. The molecule has 25 heavy (non-hydrogen) atoms. The largest absolute Gasteiger partial charge is 0.337 e. The molecule has 0 bridgehead atoms. The van der Waals surface area contributed by atoms with Gasteiger partial charge in [0.25, 0.3) is 0 Å². The zero-order valence-corrected chi connectivity index (χ0v) is 13.6. The Morgan fingerprint density at radius 3 is 1.88 bits per heavy atom. The molecule has 10 heteroatoms. The zero-order valence-electron chi connectivity index (χ0n) is 13.6. The van der Waals surface area contributed by atoms with E-state index in [1.54, 1.807) is 0 Å². The van der Waals surface area contributed by atoms with Crippen molar-refractivity contribution in [1.29, 1.82) is 0 Å². The van der Waals surface area contributed by atoms with E-state index in [1.165, 1.54) is 12.2 Å². The highest BCUT2D eigenvalue weighted by Crippen LogP contribution is 2.18. The van der Waals surface area contributed by atoms with Gasteiger partial charge in [-0.2, -0.15) is 0 Å². The topological polar surface area (TPSA) is 124 Å². The third kappa shape index (κ3) is 4.22. The van der Waals surface area contributed by atoms with Crippen molar-refractivity contribution in [2.24, 2.45) is 0 Å². The molecule has 1 aromatic heterocycles. The second-order valence-electron chi connectivity index (χ2n) is 5.53. The van der Waals surface area contributed by atoms with Crippen molar-refractivity contribution in [3.05, 3.63) is 56.8 Å². The van der Waals surface area contributed by atoms with Crippen LogP contribution >= 0.6 is 0 Å². The van der Waals surface area contributed by atoms with Crippen LogP contribution in [0.15, 0.2) is 39.7 Å². The van der Waals surface area contributed by atoms with Crippen LogP contribution in [0.4, 0.5) is 4.79 Å². The first kappa shape index (κ1) is 18.2. The maximum atomic E-state index is 12.3. The van der Waals surface area contributed by atoms with Crippen molar-refractivity contribution in [1.82, 2.24) is 24.3 Å². The highest BCUT2D eigenvalue weighted by Gasteiger charge is 2.24. The average Bonchev–Trinajstić information content (AvgIpc) is 3.36. The van der Waals surface area contributed by atoms with Gasteiger partial charge in [-0.05, 0) is 12.8 Å². The van der Waals surface area contributed by atoms with Crippen molar-refractivity contribution in [3.63, 3.8) is 0 Å². The third-order valence-corrected chi connectivity index (χ3v) is 3.48. The maximum Gasteiger partial charge on any atom is 0.337 e. The minimum Gasteiger partial charge on any atom is -0.335 e. The second kappa shape index (κ2) is 7.60. The smallest absolute Gasteiger partial charge is 0.335 e. The Hall–Kier alpha value is -3.17. The molecule has 10 nitrogen and oxygen atoms in total. The van der Waals surface area contributed by atoms with Crippen molar-refractivity contribution >= 4 is 11.9 Å². The van der Waals surface area contributed by atoms with Gasteiger partial charge < -0.3 is 5.32 Å². The van der Waals surface area contributed by atoms with E-state index in [9.17, 15) is 24.0 Å². The van der Waals surface area contributed by atoms with Crippen LogP contribution in [0.25, 0.3) is 0 Å². The first-order valence-corrected chi connectivity index (χ1v) is 7.65. The molecule has 1 heterocycles. The molecule has 3 amide bonds. The van der Waals surface area contributed by atoms with E-state index in [0.717, 1.165) is 22.0 Å². The van der Waals surface area contributed by atoms with Gasteiger partial charge in [-0.3, -0.25) is 10.1 Å².